The summed E-state index contributed by atoms with van der Waals surface area (Å²) in [5.74, 6) is -1.07. The molecule has 2 rings (SSSR count). The van der Waals surface area contributed by atoms with E-state index in [1.165, 1.54) is 19.1 Å². The Morgan fingerprint density at radius 2 is 1.88 bits per heavy atom. The maximum Gasteiger partial charge on any atom is 0.335 e. The fraction of sp³-hybridized carbons (Fsp3) is 0.111. The molecule has 0 heterocycles. The molecule has 1 N–H and O–H groups in total. The Hall–Kier alpha value is -2.30. The van der Waals surface area contributed by atoms with E-state index in [1.54, 1.807) is 47.5 Å². The molecule has 0 aliphatic heterocycles. The van der Waals surface area contributed by atoms with E-state index in [2.05, 4.69) is 0 Å². The Morgan fingerprint density at radius 1 is 1.12 bits per heavy atom. The summed E-state index contributed by atoms with van der Waals surface area (Å²) < 4.78 is 0. The summed E-state index contributed by atoms with van der Waals surface area (Å²) >= 11 is 11.9. The van der Waals surface area contributed by atoms with Crippen LogP contribution in [0.1, 0.15) is 22.8 Å². The van der Waals surface area contributed by atoms with Crippen LogP contribution in [0.15, 0.2) is 48.7 Å². The van der Waals surface area contributed by atoms with Crippen LogP contribution >= 0.6 is 23.2 Å². The number of ketones is 1. The number of nitrogens with zero attached hydrogens (tertiary/aromatic N) is 1. The van der Waals surface area contributed by atoms with Crippen molar-refractivity contribution >= 4 is 46.7 Å². The Kier molecular flexibility index (Phi) is 6.01. The number of hydrogen-bond donors (Lipinski definition) is 1. The third kappa shape index (κ3) is 4.85. The van der Waals surface area contributed by atoms with Crippen LogP contribution in [0.25, 0.3) is 6.08 Å². The van der Waals surface area contributed by atoms with Gasteiger partial charge in [-0.15, -0.1) is 0 Å². The Morgan fingerprint density at radius 3 is 2.50 bits per heavy atom. The quantitative estimate of drug-likeness (QED) is 0.803. The van der Waals surface area contributed by atoms with Gasteiger partial charge in [-0.2, -0.15) is 0 Å². The standard InChI is InChI=1S/C18H15Cl2NO3/c1-12(22)11-21(15-4-2-3-14(10-15)18(23)24)8-7-13-5-6-16(19)17(20)9-13/h2-10H,11H2,1H3,(H,23,24). The monoisotopic (exact) mass is 363 g/mol. The summed E-state index contributed by atoms with van der Waals surface area (Å²) in [4.78, 5) is 24.3. The molecule has 0 radical (unpaired) electrons. The van der Waals surface area contributed by atoms with Crippen LogP contribution in [-0.2, 0) is 4.79 Å². The van der Waals surface area contributed by atoms with Gasteiger partial charge >= 0.3 is 5.97 Å². The largest absolute Gasteiger partial charge is 0.478 e. The molecule has 0 saturated heterocycles. The van der Waals surface area contributed by atoms with Gasteiger partial charge < -0.3 is 10.0 Å². The molecule has 0 aliphatic carbocycles. The van der Waals surface area contributed by atoms with Crippen LogP contribution in [-0.4, -0.2) is 23.4 Å². The highest BCUT2D eigenvalue weighted by Crippen LogP contribution is 2.24. The zero-order valence-corrected chi connectivity index (χ0v) is 14.4. The molecule has 2 aromatic rings. The smallest absolute Gasteiger partial charge is 0.335 e. The van der Waals surface area contributed by atoms with Crippen molar-refractivity contribution in [3.8, 4) is 0 Å². The van der Waals surface area contributed by atoms with E-state index in [9.17, 15) is 9.59 Å². The van der Waals surface area contributed by atoms with Gasteiger partial charge in [0.25, 0.3) is 0 Å². The molecule has 6 heteroatoms. The molecular formula is C18H15Cl2NO3. The van der Waals surface area contributed by atoms with E-state index >= 15 is 0 Å². The van der Waals surface area contributed by atoms with Gasteiger partial charge in [-0.3, -0.25) is 4.79 Å². The van der Waals surface area contributed by atoms with Crippen LogP contribution < -0.4 is 4.90 Å². The number of carboxylic acid groups (broad SMARTS) is 1. The zero-order chi connectivity index (χ0) is 17.7. The van der Waals surface area contributed by atoms with E-state index in [0.717, 1.165) is 5.56 Å². The second-order valence-corrected chi connectivity index (χ2v) is 5.99. The Labute approximate surface area is 149 Å². The van der Waals surface area contributed by atoms with Gasteiger partial charge in [0.1, 0.15) is 5.78 Å². The van der Waals surface area contributed by atoms with Gasteiger partial charge in [-0.05, 0) is 48.9 Å². The first-order valence-electron chi connectivity index (χ1n) is 7.09. The molecular weight excluding hydrogens is 349 g/mol. The average Bonchev–Trinajstić information content (AvgIpc) is 2.54. The topological polar surface area (TPSA) is 57.6 Å². The molecule has 0 aromatic heterocycles. The van der Waals surface area contributed by atoms with Gasteiger partial charge in [0, 0.05) is 11.9 Å². The lowest BCUT2D eigenvalue weighted by atomic mass is 10.1. The highest BCUT2D eigenvalue weighted by molar-refractivity contribution is 6.42. The second-order valence-electron chi connectivity index (χ2n) is 5.17. The molecule has 0 bridgehead atoms. The van der Waals surface area contributed by atoms with Crippen LogP contribution in [0.5, 0.6) is 0 Å². The van der Waals surface area contributed by atoms with Crippen molar-refractivity contribution in [2.45, 2.75) is 6.92 Å². The third-order valence-electron chi connectivity index (χ3n) is 3.21. The number of carbonyl (C=O) groups is 2. The molecule has 124 valence electrons. The molecule has 4 nitrogen and oxygen atoms in total. The van der Waals surface area contributed by atoms with Gasteiger partial charge in [0.15, 0.2) is 0 Å². The number of aromatic carboxylic acids is 1. The minimum atomic E-state index is -1.02. The predicted molar refractivity (Wildman–Crippen MR) is 96.9 cm³/mol. The number of Topliss-reactive ketones (excluding diaryl/α,β-unsaturated/α-hetero) is 1. The lowest BCUT2D eigenvalue weighted by Crippen LogP contribution is -2.23. The molecule has 0 unspecified atom stereocenters. The molecule has 0 amide bonds. The van der Waals surface area contributed by atoms with Crippen molar-refractivity contribution in [3.05, 3.63) is 69.8 Å². The highest BCUT2D eigenvalue weighted by atomic mass is 35.5. The number of benzene rings is 2. The molecule has 0 fully saturated rings. The minimum Gasteiger partial charge on any atom is -0.478 e. The maximum atomic E-state index is 11.5. The van der Waals surface area contributed by atoms with Crippen LogP contribution in [0, 0.1) is 0 Å². The van der Waals surface area contributed by atoms with Crippen molar-refractivity contribution in [1.82, 2.24) is 0 Å². The fourth-order valence-electron chi connectivity index (χ4n) is 2.08. The summed E-state index contributed by atoms with van der Waals surface area (Å²) in [6, 6.07) is 11.6. The van der Waals surface area contributed by atoms with Gasteiger partial charge in [0.05, 0.1) is 22.2 Å². The lowest BCUT2D eigenvalue weighted by Gasteiger charge is -2.19. The first kappa shape index (κ1) is 18.0. The Bertz CT molecular complexity index is 803. The van der Waals surface area contributed by atoms with Crippen LogP contribution in [0.2, 0.25) is 10.0 Å². The van der Waals surface area contributed by atoms with Crippen molar-refractivity contribution in [3.63, 3.8) is 0 Å². The summed E-state index contributed by atoms with van der Waals surface area (Å²) in [7, 11) is 0. The molecule has 0 aliphatic rings. The highest BCUT2D eigenvalue weighted by Gasteiger charge is 2.09. The van der Waals surface area contributed by atoms with Crippen molar-refractivity contribution in [1.29, 1.82) is 0 Å². The van der Waals surface area contributed by atoms with Crippen molar-refractivity contribution in [2.75, 3.05) is 11.4 Å². The van der Waals surface area contributed by atoms with Gasteiger partial charge in [-0.25, -0.2) is 4.79 Å². The average molecular weight is 364 g/mol. The van der Waals surface area contributed by atoms with E-state index in [-0.39, 0.29) is 17.9 Å². The van der Waals surface area contributed by atoms with E-state index in [4.69, 9.17) is 28.3 Å². The number of rotatable bonds is 6. The van der Waals surface area contributed by atoms with Crippen molar-refractivity contribution in [2.24, 2.45) is 0 Å². The summed E-state index contributed by atoms with van der Waals surface area (Å²) in [5.41, 5.74) is 1.58. The van der Waals surface area contributed by atoms with Gasteiger partial charge in [0.2, 0.25) is 0 Å². The summed E-state index contributed by atoms with van der Waals surface area (Å²) in [5, 5.41) is 10.0. The summed E-state index contributed by atoms with van der Waals surface area (Å²) in [6.07, 6.45) is 3.49. The summed E-state index contributed by atoms with van der Waals surface area (Å²) in [6.45, 7) is 1.60. The first-order valence-corrected chi connectivity index (χ1v) is 7.85. The lowest BCUT2D eigenvalue weighted by molar-refractivity contribution is -0.115. The number of anilines is 1. The number of carboxylic acids is 1. The van der Waals surface area contributed by atoms with Crippen molar-refractivity contribution < 1.29 is 14.7 Å². The minimum absolute atomic E-state index is 0.0467. The number of hydrogen-bond acceptors (Lipinski definition) is 3. The van der Waals surface area contributed by atoms with Gasteiger partial charge in [-0.1, -0.05) is 35.3 Å². The predicted octanol–water partition coefficient (Wildman–Crippen LogP) is 4.76. The SMILES string of the molecule is CC(=O)CN(C=Cc1ccc(Cl)c(Cl)c1)c1cccc(C(=O)O)c1. The van der Waals surface area contributed by atoms with E-state index < -0.39 is 5.97 Å². The third-order valence-corrected chi connectivity index (χ3v) is 3.95. The maximum absolute atomic E-state index is 11.5. The molecule has 2 aromatic carbocycles. The van der Waals surface area contributed by atoms with E-state index in [0.29, 0.717) is 15.7 Å². The normalized spacial score (nSPS) is 10.8. The zero-order valence-electron chi connectivity index (χ0n) is 12.9. The van der Waals surface area contributed by atoms with Crippen LogP contribution in [0.3, 0.4) is 0 Å². The number of carbonyl (C=O) groups excluding carboxylic acids is 1. The molecule has 0 spiro atoms. The molecule has 0 saturated carbocycles. The molecule has 0 atom stereocenters. The van der Waals surface area contributed by atoms with Crippen LogP contribution in [0.4, 0.5) is 5.69 Å². The number of halogens is 2. The Balaban J connectivity index is 2.32. The molecule has 24 heavy (non-hydrogen) atoms. The second kappa shape index (κ2) is 7.99. The first-order chi connectivity index (χ1) is 11.4. The fourth-order valence-corrected chi connectivity index (χ4v) is 2.39. The van der Waals surface area contributed by atoms with E-state index in [1.807, 2.05) is 0 Å².